The number of hydrogen-bond acceptors (Lipinski definition) is 5. The summed E-state index contributed by atoms with van der Waals surface area (Å²) >= 11 is 1.31. The van der Waals surface area contributed by atoms with E-state index in [1.165, 1.54) is 11.8 Å². The predicted octanol–water partition coefficient (Wildman–Crippen LogP) is 4.16. The molecule has 1 N–H and O–H groups in total. The number of aromatic nitrogens is 4. The van der Waals surface area contributed by atoms with Crippen LogP contribution in [0.4, 0.5) is 5.69 Å². The van der Waals surface area contributed by atoms with Crippen molar-refractivity contribution in [1.29, 1.82) is 0 Å². The molecular formula is C21H19N5OS. The monoisotopic (exact) mass is 389 g/mol. The van der Waals surface area contributed by atoms with E-state index in [0.717, 1.165) is 33.3 Å². The molecule has 28 heavy (non-hydrogen) atoms. The maximum atomic E-state index is 12.4. The Kier molecular flexibility index (Phi) is 5.08. The average Bonchev–Trinajstić information content (AvgIpc) is 3.18. The molecule has 0 radical (unpaired) electrons. The first-order chi connectivity index (χ1) is 13.6. The van der Waals surface area contributed by atoms with Crippen LogP contribution in [0.15, 0.2) is 65.8 Å². The van der Waals surface area contributed by atoms with Crippen LogP contribution in [0.3, 0.4) is 0 Å². The first-order valence-corrected chi connectivity index (χ1v) is 9.87. The number of anilines is 1. The summed E-state index contributed by atoms with van der Waals surface area (Å²) in [4.78, 5) is 12.4. The molecule has 1 aromatic heterocycles. The highest BCUT2D eigenvalue weighted by Crippen LogP contribution is 2.25. The van der Waals surface area contributed by atoms with Crippen molar-refractivity contribution in [3.05, 3.63) is 71.8 Å². The number of carbonyl (C=O) groups is 1. The maximum absolute atomic E-state index is 12.4. The lowest BCUT2D eigenvalue weighted by molar-refractivity contribution is -0.113. The molecule has 1 heterocycles. The van der Waals surface area contributed by atoms with Gasteiger partial charge >= 0.3 is 0 Å². The van der Waals surface area contributed by atoms with E-state index in [-0.39, 0.29) is 11.7 Å². The highest BCUT2D eigenvalue weighted by atomic mass is 32.2. The second-order valence-electron chi connectivity index (χ2n) is 6.46. The van der Waals surface area contributed by atoms with Gasteiger partial charge in [0.1, 0.15) is 0 Å². The van der Waals surface area contributed by atoms with Crippen molar-refractivity contribution in [3.63, 3.8) is 0 Å². The Balaban J connectivity index is 1.52. The molecule has 0 aliphatic heterocycles. The van der Waals surface area contributed by atoms with Gasteiger partial charge in [0.2, 0.25) is 11.1 Å². The molecule has 0 atom stereocenters. The van der Waals surface area contributed by atoms with Crippen LogP contribution in [0.1, 0.15) is 11.1 Å². The number of carbonyl (C=O) groups excluding carboxylic acids is 1. The molecule has 0 aliphatic carbocycles. The maximum Gasteiger partial charge on any atom is 0.234 e. The van der Waals surface area contributed by atoms with Gasteiger partial charge in [-0.15, -0.1) is 5.10 Å². The number of fused-ring (bicyclic) bond motifs is 1. The van der Waals surface area contributed by atoms with Crippen molar-refractivity contribution in [1.82, 2.24) is 20.2 Å². The van der Waals surface area contributed by atoms with Gasteiger partial charge in [-0.2, -0.15) is 4.68 Å². The zero-order valence-electron chi connectivity index (χ0n) is 15.6. The summed E-state index contributed by atoms with van der Waals surface area (Å²) in [5.41, 5.74) is 3.94. The molecule has 4 rings (SSSR count). The minimum Gasteiger partial charge on any atom is -0.325 e. The zero-order valence-corrected chi connectivity index (χ0v) is 16.4. The van der Waals surface area contributed by atoms with Crippen LogP contribution in [0.25, 0.3) is 16.5 Å². The van der Waals surface area contributed by atoms with Gasteiger partial charge in [-0.1, -0.05) is 60.3 Å². The Hall–Kier alpha value is -3.19. The second kappa shape index (κ2) is 7.82. The van der Waals surface area contributed by atoms with E-state index in [4.69, 9.17) is 0 Å². The summed E-state index contributed by atoms with van der Waals surface area (Å²) in [6.07, 6.45) is 0. The number of aryl methyl sites for hydroxylation is 1. The van der Waals surface area contributed by atoms with Gasteiger partial charge in [-0.3, -0.25) is 4.79 Å². The zero-order chi connectivity index (χ0) is 19.5. The smallest absolute Gasteiger partial charge is 0.234 e. The lowest BCUT2D eigenvalue weighted by atomic mass is 10.1. The van der Waals surface area contributed by atoms with Crippen LogP contribution < -0.4 is 5.32 Å². The Morgan fingerprint density at radius 3 is 2.71 bits per heavy atom. The predicted molar refractivity (Wildman–Crippen MR) is 112 cm³/mol. The third kappa shape index (κ3) is 3.61. The van der Waals surface area contributed by atoms with Crippen molar-refractivity contribution in [2.24, 2.45) is 0 Å². The van der Waals surface area contributed by atoms with E-state index in [1.807, 2.05) is 74.5 Å². The summed E-state index contributed by atoms with van der Waals surface area (Å²) < 4.78 is 1.68. The summed E-state index contributed by atoms with van der Waals surface area (Å²) in [6.45, 7) is 4.03. The fourth-order valence-corrected chi connectivity index (χ4v) is 3.70. The molecule has 0 unspecified atom stereocenters. The lowest BCUT2D eigenvalue weighted by Crippen LogP contribution is -2.15. The highest BCUT2D eigenvalue weighted by molar-refractivity contribution is 7.99. The molecular weight excluding hydrogens is 370 g/mol. The molecule has 0 saturated heterocycles. The third-order valence-corrected chi connectivity index (χ3v) is 5.57. The van der Waals surface area contributed by atoms with Crippen molar-refractivity contribution in [2.45, 2.75) is 19.0 Å². The molecule has 0 bridgehead atoms. The van der Waals surface area contributed by atoms with Crippen LogP contribution in [0.5, 0.6) is 0 Å². The fourth-order valence-electron chi connectivity index (χ4n) is 3.02. The average molecular weight is 389 g/mol. The Labute approximate surface area is 167 Å². The third-order valence-electron chi connectivity index (χ3n) is 4.65. The van der Waals surface area contributed by atoms with Crippen LogP contribution in [-0.4, -0.2) is 31.9 Å². The van der Waals surface area contributed by atoms with E-state index in [0.29, 0.717) is 5.16 Å². The largest absolute Gasteiger partial charge is 0.325 e. The number of tetrazole rings is 1. The molecule has 0 aliphatic rings. The van der Waals surface area contributed by atoms with Gasteiger partial charge in [0.15, 0.2) is 0 Å². The second-order valence-corrected chi connectivity index (χ2v) is 7.40. The molecule has 0 spiro atoms. The van der Waals surface area contributed by atoms with Crippen LogP contribution in [-0.2, 0) is 4.79 Å². The Bertz CT molecular complexity index is 1150. The Morgan fingerprint density at radius 1 is 1.04 bits per heavy atom. The van der Waals surface area contributed by atoms with Crippen LogP contribution >= 0.6 is 11.8 Å². The SMILES string of the molecule is Cc1cccc(NC(=O)CSc2nnnn2-c2cccc3ccccc23)c1C. The number of rotatable bonds is 5. The number of hydrogen-bond donors (Lipinski definition) is 1. The standard InChI is InChI=1S/C21H19N5OS/c1-14-7-5-11-18(15(14)2)22-20(27)13-28-21-23-24-25-26(21)19-12-6-9-16-8-3-4-10-17(16)19/h3-12H,13H2,1-2H3,(H,22,27). The van der Waals surface area contributed by atoms with Crippen LogP contribution in [0, 0.1) is 13.8 Å². The van der Waals surface area contributed by atoms with Gasteiger partial charge in [-0.25, -0.2) is 0 Å². The number of nitrogens with zero attached hydrogens (tertiary/aromatic N) is 4. The van der Waals surface area contributed by atoms with E-state index in [9.17, 15) is 4.79 Å². The van der Waals surface area contributed by atoms with Crippen molar-refractivity contribution >= 4 is 34.1 Å². The molecule has 7 heteroatoms. The van der Waals surface area contributed by atoms with E-state index in [1.54, 1.807) is 4.68 Å². The topological polar surface area (TPSA) is 72.7 Å². The van der Waals surface area contributed by atoms with Gasteiger partial charge in [0.05, 0.1) is 11.4 Å². The summed E-state index contributed by atoms with van der Waals surface area (Å²) in [5, 5.41) is 17.7. The lowest BCUT2D eigenvalue weighted by Gasteiger charge is -2.10. The van der Waals surface area contributed by atoms with Gasteiger partial charge in [0.25, 0.3) is 0 Å². The molecule has 0 fully saturated rings. The first-order valence-electron chi connectivity index (χ1n) is 8.89. The minimum absolute atomic E-state index is 0.0915. The van der Waals surface area contributed by atoms with Gasteiger partial charge in [0, 0.05) is 11.1 Å². The summed E-state index contributed by atoms with van der Waals surface area (Å²) in [5.74, 6) is 0.129. The van der Waals surface area contributed by atoms with E-state index < -0.39 is 0 Å². The molecule has 1 amide bonds. The number of nitrogens with one attached hydrogen (secondary N) is 1. The van der Waals surface area contributed by atoms with Crippen LogP contribution in [0.2, 0.25) is 0 Å². The molecule has 6 nitrogen and oxygen atoms in total. The van der Waals surface area contributed by atoms with Crippen molar-refractivity contribution in [2.75, 3.05) is 11.1 Å². The van der Waals surface area contributed by atoms with E-state index >= 15 is 0 Å². The summed E-state index contributed by atoms with van der Waals surface area (Å²) in [6, 6.07) is 19.9. The van der Waals surface area contributed by atoms with Crippen molar-refractivity contribution < 1.29 is 4.79 Å². The van der Waals surface area contributed by atoms with Crippen molar-refractivity contribution in [3.8, 4) is 5.69 Å². The number of thioether (sulfide) groups is 1. The molecule has 140 valence electrons. The quantitative estimate of drug-likeness (QED) is 0.519. The fraction of sp³-hybridized carbons (Fsp3) is 0.143. The number of benzene rings is 3. The van der Waals surface area contributed by atoms with Gasteiger partial charge in [-0.05, 0) is 52.9 Å². The highest BCUT2D eigenvalue weighted by Gasteiger charge is 2.14. The molecule has 3 aromatic carbocycles. The molecule has 4 aromatic rings. The van der Waals surface area contributed by atoms with Gasteiger partial charge < -0.3 is 5.32 Å². The number of amides is 1. The normalized spacial score (nSPS) is 10.9. The minimum atomic E-state index is -0.0915. The first kappa shape index (κ1) is 18.2. The summed E-state index contributed by atoms with van der Waals surface area (Å²) in [7, 11) is 0. The van der Waals surface area contributed by atoms with E-state index in [2.05, 4.69) is 20.8 Å². The molecule has 0 saturated carbocycles. The Morgan fingerprint density at radius 2 is 1.82 bits per heavy atom.